The minimum Gasteiger partial charge on any atom is -0.370 e. The minimum atomic E-state index is 0.191. The van der Waals surface area contributed by atoms with Gasteiger partial charge in [0.2, 0.25) is 5.91 Å². The van der Waals surface area contributed by atoms with E-state index in [0.717, 1.165) is 25.3 Å². The molecule has 0 bridgehead atoms. The number of carbonyl (C=O) groups excluding carboxylic acids is 1. The summed E-state index contributed by atoms with van der Waals surface area (Å²) < 4.78 is 0. The second kappa shape index (κ2) is 6.93. The van der Waals surface area contributed by atoms with Crippen molar-refractivity contribution >= 4 is 11.7 Å². The lowest BCUT2D eigenvalue weighted by Crippen LogP contribution is -2.25. The first-order chi connectivity index (χ1) is 11.3. The van der Waals surface area contributed by atoms with Crippen LogP contribution in [0.5, 0.6) is 0 Å². The van der Waals surface area contributed by atoms with E-state index in [1.807, 2.05) is 23.1 Å². The summed E-state index contributed by atoms with van der Waals surface area (Å²) in [5.74, 6) is 0.917. The third-order valence-corrected chi connectivity index (χ3v) is 3.96. The SMILES string of the molecule is N#Cc1ccc(NCCCC(=O)N2Cc3ccccc3C2)nc1. The van der Waals surface area contributed by atoms with E-state index < -0.39 is 0 Å². The zero-order valence-electron chi connectivity index (χ0n) is 12.8. The highest BCUT2D eigenvalue weighted by molar-refractivity contribution is 5.77. The summed E-state index contributed by atoms with van der Waals surface area (Å²) in [5, 5.41) is 11.9. The van der Waals surface area contributed by atoms with Crippen LogP contribution in [0.2, 0.25) is 0 Å². The quantitative estimate of drug-likeness (QED) is 0.862. The van der Waals surface area contributed by atoms with Crippen LogP contribution in [-0.4, -0.2) is 22.3 Å². The molecule has 0 atom stereocenters. The Morgan fingerprint density at radius 3 is 2.57 bits per heavy atom. The number of pyridine rings is 1. The zero-order chi connectivity index (χ0) is 16.1. The zero-order valence-corrected chi connectivity index (χ0v) is 12.8. The van der Waals surface area contributed by atoms with Crippen LogP contribution < -0.4 is 5.32 Å². The van der Waals surface area contributed by atoms with Gasteiger partial charge in [-0.05, 0) is 29.7 Å². The molecule has 5 heteroatoms. The van der Waals surface area contributed by atoms with Crippen molar-refractivity contribution in [2.45, 2.75) is 25.9 Å². The fourth-order valence-electron chi connectivity index (χ4n) is 2.69. The molecule has 1 aliphatic heterocycles. The molecule has 1 aromatic carbocycles. The molecule has 1 amide bonds. The standard InChI is InChI=1S/C18H18N4O/c19-10-14-7-8-17(21-11-14)20-9-3-6-18(23)22-12-15-4-1-2-5-16(15)13-22/h1-2,4-5,7-8,11H,3,6,9,12-13H2,(H,20,21). The Hall–Kier alpha value is -2.87. The highest BCUT2D eigenvalue weighted by Crippen LogP contribution is 2.22. The molecule has 5 nitrogen and oxygen atoms in total. The highest BCUT2D eigenvalue weighted by atomic mass is 16.2. The van der Waals surface area contributed by atoms with Crippen molar-refractivity contribution in [2.75, 3.05) is 11.9 Å². The van der Waals surface area contributed by atoms with Gasteiger partial charge < -0.3 is 10.2 Å². The van der Waals surface area contributed by atoms with Crippen LogP contribution in [0.4, 0.5) is 5.82 Å². The molecule has 0 unspecified atom stereocenters. The number of nitriles is 1. The van der Waals surface area contributed by atoms with E-state index in [0.29, 0.717) is 18.5 Å². The first-order valence-corrected chi connectivity index (χ1v) is 7.71. The summed E-state index contributed by atoms with van der Waals surface area (Å²) in [4.78, 5) is 18.3. The molecule has 2 heterocycles. The number of fused-ring (bicyclic) bond motifs is 1. The molecule has 1 N–H and O–H groups in total. The van der Waals surface area contributed by atoms with Crippen LogP contribution in [0, 0.1) is 11.3 Å². The summed E-state index contributed by atoms with van der Waals surface area (Å²) >= 11 is 0. The van der Waals surface area contributed by atoms with E-state index in [1.54, 1.807) is 12.1 Å². The van der Waals surface area contributed by atoms with Crippen molar-refractivity contribution < 1.29 is 4.79 Å². The van der Waals surface area contributed by atoms with Gasteiger partial charge in [0.1, 0.15) is 11.9 Å². The van der Waals surface area contributed by atoms with Crippen molar-refractivity contribution in [3.63, 3.8) is 0 Å². The molecule has 3 rings (SSSR count). The molecule has 1 aromatic heterocycles. The van der Waals surface area contributed by atoms with Gasteiger partial charge in [-0.1, -0.05) is 24.3 Å². The van der Waals surface area contributed by atoms with Crippen LogP contribution in [0.1, 0.15) is 29.5 Å². The third kappa shape index (κ3) is 3.67. The maximum Gasteiger partial charge on any atom is 0.223 e. The molecule has 23 heavy (non-hydrogen) atoms. The lowest BCUT2D eigenvalue weighted by Gasteiger charge is -2.15. The highest BCUT2D eigenvalue weighted by Gasteiger charge is 2.22. The predicted molar refractivity (Wildman–Crippen MR) is 87.4 cm³/mol. The Bertz CT molecular complexity index is 708. The number of aromatic nitrogens is 1. The number of nitrogens with zero attached hydrogens (tertiary/aromatic N) is 3. The number of hydrogen-bond donors (Lipinski definition) is 1. The fourth-order valence-corrected chi connectivity index (χ4v) is 2.69. The van der Waals surface area contributed by atoms with E-state index in [2.05, 4.69) is 22.4 Å². The number of rotatable bonds is 5. The second-order valence-electron chi connectivity index (χ2n) is 5.59. The molecule has 0 saturated carbocycles. The topological polar surface area (TPSA) is 69.0 Å². The average molecular weight is 306 g/mol. The van der Waals surface area contributed by atoms with E-state index in [9.17, 15) is 4.79 Å². The smallest absolute Gasteiger partial charge is 0.223 e. The minimum absolute atomic E-state index is 0.191. The maximum absolute atomic E-state index is 12.3. The van der Waals surface area contributed by atoms with Crippen LogP contribution in [0.3, 0.4) is 0 Å². The van der Waals surface area contributed by atoms with Crippen LogP contribution in [-0.2, 0) is 17.9 Å². The number of benzene rings is 1. The molecule has 1 aliphatic rings. The van der Waals surface area contributed by atoms with Crippen molar-refractivity contribution in [3.05, 3.63) is 59.3 Å². The van der Waals surface area contributed by atoms with Crippen molar-refractivity contribution in [1.82, 2.24) is 9.88 Å². The number of nitrogens with one attached hydrogen (secondary N) is 1. The Balaban J connectivity index is 1.41. The second-order valence-corrected chi connectivity index (χ2v) is 5.59. The Morgan fingerprint density at radius 2 is 1.96 bits per heavy atom. The van der Waals surface area contributed by atoms with E-state index in [4.69, 9.17) is 5.26 Å². The van der Waals surface area contributed by atoms with Gasteiger partial charge in [0, 0.05) is 32.3 Å². The summed E-state index contributed by atoms with van der Waals surface area (Å²) in [6.07, 6.45) is 2.82. The van der Waals surface area contributed by atoms with Gasteiger partial charge >= 0.3 is 0 Å². The molecule has 0 fully saturated rings. The Kier molecular flexibility index (Phi) is 4.53. The summed E-state index contributed by atoms with van der Waals surface area (Å²) in [7, 11) is 0. The van der Waals surface area contributed by atoms with Gasteiger partial charge in [0.15, 0.2) is 0 Å². The molecule has 0 aliphatic carbocycles. The van der Waals surface area contributed by atoms with Gasteiger partial charge in [-0.2, -0.15) is 5.26 Å². The van der Waals surface area contributed by atoms with E-state index in [-0.39, 0.29) is 5.91 Å². The van der Waals surface area contributed by atoms with E-state index >= 15 is 0 Å². The number of amides is 1. The van der Waals surface area contributed by atoms with Gasteiger partial charge in [-0.15, -0.1) is 0 Å². The van der Waals surface area contributed by atoms with Crippen molar-refractivity contribution in [1.29, 1.82) is 5.26 Å². The summed E-state index contributed by atoms with van der Waals surface area (Å²) in [5.41, 5.74) is 3.04. The normalized spacial score (nSPS) is 12.6. The van der Waals surface area contributed by atoms with E-state index in [1.165, 1.54) is 17.3 Å². The molecule has 116 valence electrons. The molecular weight excluding hydrogens is 288 g/mol. The van der Waals surface area contributed by atoms with Crippen LogP contribution in [0.25, 0.3) is 0 Å². The molecule has 0 spiro atoms. The van der Waals surface area contributed by atoms with Gasteiger partial charge in [-0.25, -0.2) is 4.98 Å². The maximum atomic E-state index is 12.3. The first-order valence-electron chi connectivity index (χ1n) is 7.71. The average Bonchev–Trinajstić information content (AvgIpc) is 3.03. The molecule has 2 aromatic rings. The Morgan fingerprint density at radius 1 is 1.22 bits per heavy atom. The van der Waals surface area contributed by atoms with Crippen LogP contribution in [0.15, 0.2) is 42.6 Å². The number of anilines is 1. The number of hydrogen-bond acceptors (Lipinski definition) is 4. The largest absolute Gasteiger partial charge is 0.370 e. The predicted octanol–water partition coefficient (Wildman–Crippen LogP) is 2.69. The van der Waals surface area contributed by atoms with Crippen molar-refractivity contribution in [2.24, 2.45) is 0 Å². The Labute approximate surface area is 135 Å². The lowest BCUT2D eigenvalue weighted by molar-refractivity contribution is -0.131. The molecular formula is C18H18N4O. The first kappa shape index (κ1) is 15.0. The number of carbonyl (C=O) groups is 1. The van der Waals surface area contributed by atoms with Gasteiger partial charge in [0.05, 0.1) is 5.56 Å². The van der Waals surface area contributed by atoms with Crippen LogP contribution >= 0.6 is 0 Å². The lowest BCUT2D eigenvalue weighted by atomic mass is 10.1. The van der Waals surface area contributed by atoms with Gasteiger partial charge in [-0.3, -0.25) is 4.79 Å². The third-order valence-electron chi connectivity index (χ3n) is 3.96. The monoisotopic (exact) mass is 306 g/mol. The van der Waals surface area contributed by atoms with Crippen molar-refractivity contribution in [3.8, 4) is 6.07 Å². The van der Waals surface area contributed by atoms with Gasteiger partial charge in [0.25, 0.3) is 0 Å². The summed E-state index contributed by atoms with van der Waals surface area (Å²) in [6.45, 7) is 2.13. The molecule has 0 saturated heterocycles. The summed E-state index contributed by atoms with van der Waals surface area (Å²) in [6, 6.07) is 13.7. The molecule has 0 radical (unpaired) electrons. The fraction of sp³-hybridized carbons (Fsp3) is 0.278.